The molecule has 0 bridgehead atoms. The summed E-state index contributed by atoms with van der Waals surface area (Å²) in [6, 6.07) is 13.8. The van der Waals surface area contributed by atoms with Crippen molar-refractivity contribution < 1.29 is 14.3 Å². The first-order chi connectivity index (χ1) is 13.7. The van der Waals surface area contributed by atoms with E-state index in [2.05, 4.69) is 17.5 Å². The SMILES string of the molecule is COc1cc(/C=C/C(=O)N(CCc2cccs2)Cc2cccs2)cc(OC)c1. The fraction of sp³-hybridized carbons (Fsp3) is 0.227. The van der Waals surface area contributed by atoms with E-state index in [1.807, 2.05) is 40.6 Å². The van der Waals surface area contributed by atoms with Gasteiger partial charge in [-0.15, -0.1) is 22.7 Å². The minimum Gasteiger partial charge on any atom is -0.497 e. The van der Waals surface area contributed by atoms with Crippen molar-refractivity contribution in [2.45, 2.75) is 13.0 Å². The van der Waals surface area contributed by atoms with Crippen LogP contribution >= 0.6 is 22.7 Å². The van der Waals surface area contributed by atoms with Crippen LogP contribution < -0.4 is 9.47 Å². The minimum absolute atomic E-state index is 0.00765. The zero-order valence-electron chi connectivity index (χ0n) is 16.0. The van der Waals surface area contributed by atoms with E-state index in [-0.39, 0.29) is 5.91 Å². The van der Waals surface area contributed by atoms with Crippen LogP contribution in [0.15, 0.2) is 59.3 Å². The van der Waals surface area contributed by atoms with Gasteiger partial charge in [0, 0.05) is 28.4 Å². The molecule has 3 aromatic rings. The standard InChI is InChI=1S/C22H23NO3S2/c1-25-18-13-17(14-19(15-18)26-2)7-8-22(24)23(16-21-6-4-12-28-21)10-9-20-5-3-11-27-20/h3-8,11-15H,9-10,16H2,1-2H3/b8-7+. The molecule has 4 nitrogen and oxygen atoms in total. The molecule has 2 heterocycles. The fourth-order valence-corrected chi connectivity index (χ4v) is 4.17. The van der Waals surface area contributed by atoms with Crippen LogP contribution in [-0.4, -0.2) is 31.6 Å². The number of carbonyl (C=O) groups excluding carboxylic acids is 1. The summed E-state index contributed by atoms with van der Waals surface area (Å²) >= 11 is 3.39. The van der Waals surface area contributed by atoms with Gasteiger partial charge in [0.1, 0.15) is 11.5 Å². The predicted molar refractivity (Wildman–Crippen MR) is 116 cm³/mol. The van der Waals surface area contributed by atoms with Crippen LogP contribution in [0.2, 0.25) is 0 Å². The molecule has 0 unspecified atom stereocenters. The summed E-state index contributed by atoms with van der Waals surface area (Å²) in [5.74, 6) is 1.38. The third-order valence-corrected chi connectivity index (χ3v) is 6.04. The minimum atomic E-state index is -0.00765. The molecule has 0 atom stereocenters. The maximum absolute atomic E-state index is 12.9. The molecule has 0 saturated carbocycles. The summed E-state index contributed by atoms with van der Waals surface area (Å²) < 4.78 is 10.6. The summed E-state index contributed by atoms with van der Waals surface area (Å²) in [4.78, 5) is 17.2. The van der Waals surface area contributed by atoms with Crippen molar-refractivity contribution in [1.82, 2.24) is 4.90 Å². The number of ether oxygens (including phenoxy) is 2. The number of hydrogen-bond acceptors (Lipinski definition) is 5. The van der Waals surface area contributed by atoms with Gasteiger partial charge >= 0.3 is 0 Å². The number of amides is 1. The Morgan fingerprint density at radius 2 is 1.64 bits per heavy atom. The van der Waals surface area contributed by atoms with Crippen LogP contribution in [0.4, 0.5) is 0 Å². The molecule has 6 heteroatoms. The van der Waals surface area contributed by atoms with E-state index in [1.54, 1.807) is 49.0 Å². The molecule has 146 valence electrons. The highest BCUT2D eigenvalue weighted by Gasteiger charge is 2.13. The Balaban J connectivity index is 1.73. The van der Waals surface area contributed by atoms with Crippen LogP contribution in [-0.2, 0) is 17.8 Å². The average Bonchev–Trinajstić information content (AvgIpc) is 3.43. The van der Waals surface area contributed by atoms with Gasteiger partial charge in [0.05, 0.1) is 20.8 Å². The molecule has 0 aliphatic rings. The topological polar surface area (TPSA) is 38.8 Å². The van der Waals surface area contributed by atoms with Crippen LogP contribution in [0.1, 0.15) is 15.3 Å². The largest absolute Gasteiger partial charge is 0.497 e. The average molecular weight is 414 g/mol. The highest BCUT2D eigenvalue weighted by molar-refractivity contribution is 7.10. The molecule has 2 aromatic heterocycles. The van der Waals surface area contributed by atoms with Crippen molar-refractivity contribution in [3.05, 3.63) is 74.6 Å². The first-order valence-corrected chi connectivity index (χ1v) is 10.7. The summed E-state index contributed by atoms with van der Waals surface area (Å²) in [7, 11) is 3.22. The Bertz CT molecular complexity index is 880. The fourth-order valence-electron chi connectivity index (χ4n) is 2.76. The Hall–Kier alpha value is -2.57. The molecule has 0 aliphatic carbocycles. The van der Waals surface area contributed by atoms with Crippen LogP contribution in [0.3, 0.4) is 0 Å². The first-order valence-electron chi connectivity index (χ1n) is 8.93. The summed E-state index contributed by atoms with van der Waals surface area (Å²) in [6.07, 6.45) is 4.28. The monoisotopic (exact) mass is 413 g/mol. The van der Waals surface area contributed by atoms with Gasteiger partial charge in [-0.3, -0.25) is 4.79 Å². The van der Waals surface area contributed by atoms with Crippen molar-refractivity contribution in [2.24, 2.45) is 0 Å². The lowest BCUT2D eigenvalue weighted by Gasteiger charge is -2.20. The number of thiophene rings is 2. The van der Waals surface area contributed by atoms with Crippen LogP contribution in [0.25, 0.3) is 6.08 Å². The maximum atomic E-state index is 12.9. The normalized spacial score (nSPS) is 10.9. The van der Waals surface area contributed by atoms with E-state index in [0.717, 1.165) is 12.0 Å². The van der Waals surface area contributed by atoms with Gasteiger partial charge in [-0.25, -0.2) is 0 Å². The Labute approximate surface area is 173 Å². The highest BCUT2D eigenvalue weighted by atomic mass is 32.1. The van der Waals surface area contributed by atoms with E-state index in [9.17, 15) is 4.79 Å². The Kier molecular flexibility index (Phi) is 7.28. The Morgan fingerprint density at radius 3 is 2.21 bits per heavy atom. The van der Waals surface area contributed by atoms with Gasteiger partial charge in [0.15, 0.2) is 0 Å². The van der Waals surface area contributed by atoms with Gasteiger partial charge in [-0.1, -0.05) is 12.1 Å². The smallest absolute Gasteiger partial charge is 0.246 e. The lowest BCUT2D eigenvalue weighted by atomic mass is 10.2. The zero-order valence-corrected chi connectivity index (χ0v) is 17.6. The molecule has 1 aromatic carbocycles. The quantitative estimate of drug-likeness (QED) is 0.458. The van der Waals surface area contributed by atoms with Gasteiger partial charge < -0.3 is 14.4 Å². The van der Waals surface area contributed by atoms with Crippen molar-refractivity contribution in [2.75, 3.05) is 20.8 Å². The first kappa shape index (κ1) is 20.2. The number of carbonyl (C=O) groups is 1. The number of nitrogens with zero attached hydrogens (tertiary/aromatic N) is 1. The highest BCUT2D eigenvalue weighted by Crippen LogP contribution is 2.23. The second-order valence-corrected chi connectivity index (χ2v) is 8.21. The molecule has 1 amide bonds. The number of methoxy groups -OCH3 is 2. The van der Waals surface area contributed by atoms with Gasteiger partial charge in [-0.05, 0) is 53.1 Å². The molecule has 0 fully saturated rings. The third kappa shape index (κ3) is 5.71. The van der Waals surface area contributed by atoms with E-state index in [0.29, 0.717) is 24.6 Å². The van der Waals surface area contributed by atoms with Crippen LogP contribution in [0.5, 0.6) is 11.5 Å². The lowest BCUT2D eigenvalue weighted by molar-refractivity contribution is -0.126. The van der Waals surface area contributed by atoms with E-state index in [1.165, 1.54) is 9.75 Å². The third-order valence-electron chi connectivity index (χ3n) is 4.24. The maximum Gasteiger partial charge on any atom is 0.246 e. The molecule has 0 radical (unpaired) electrons. The molecule has 0 saturated heterocycles. The molecule has 3 rings (SSSR count). The molecule has 0 aliphatic heterocycles. The molecule has 28 heavy (non-hydrogen) atoms. The zero-order chi connectivity index (χ0) is 19.8. The van der Waals surface area contributed by atoms with E-state index < -0.39 is 0 Å². The number of rotatable bonds is 9. The van der Waals surface area contributed by atoms with Crippen LogP contribution in [0, 0.1) is 0 Å². The van der Waals surface area contributed by atoms with Gasteiger partial charge in [-0.2, -0.15) is 0 Å². The number of benzene rings is 1. The van der Waals surface area contributed by atoms with Crippen molar-refractivity contribution in [1.29, 1.82) is 0 Å². The summed E-state index contributed by atoms with van der Waals surface area (Å²) in [6.45, 7) is 1.30. The van der Waals surface area contributed by atoms with Gasteiger partial charge in [0.2, 0.25) is 5.91 Å². The number of hydrogen-bond donors (Lipinski definition) is 0. The summed E-state index contributed by atoms with van der Waals surface area (Å²) in [5, 5.41) is 4.10. The lowest BCUT2D eigenvalue weighted by Crippen LogP contribution is -2.30. The second-order valence-electron chi connectivity index (χ2n) is 6.15. The molecule has 0 spiro atoms. The predicted octanol–water partition coefficient (Wildman–Crippen LogP) is 5.11. The van der Waals surface area contributed by atoms with Crippen molar-refractivity contribution in [3.63, 3.8) is 0 Å². The second kappa shape index (κ2) is 10.1. The van der Waals surface area contributed by atoms with E-state index in [4.69, 9.17) is 9.47 Å². The van der Waals surface area contributed by atoms with Gasteiger partial charge in [0.25, 0.3) is 0 Å². The Morgan fingerprint density at radius 1 is 1.00 bits per heavy atom. The summed E-state index contributed by atoms with van der Waals surface area (Å²) in [5.41, 5.74) is 0.860. The van der Waals surface area contributed by atoms with Crippen molar-refractivity contribution in [3.8, 4) is 11.5 Å². The van der Waals surface area contributed by atoms with E-state index >= 15 is 0 Å². The molecular formula is C22H23NO3S2. The molecule has 0 N–H and O–H groups in total. The van der Waals surface area contributed by atoms with Crippen molar-refractivity contribution >= 4 is 34.7 Å². The molecular weight excluding hydrogens is 390 g/mol.